The van der Waals surface area contributed by atoms with E-state index in [0.717, 1.165) is 16.6 Å². The molecule has 0 amide bonds. The summed E-state index contributed by atoms with van der Waals surface area (Å²) in [5.74, 6) is -0.940. The number of aromatic nitrogens is 2. The summed E-state index contributed by atoms with van der Waals surface area (Å²) in [6.07, 6.45) is -1.71. The number of nitrogens with one attached hydrogen (secondary N) is 1. The van der Waals surface area contributed by atoms with Crippen molar-refractivity contribution in [2.75, 3.05) is 6.61 Å². The predicted octanol–water partition coefficient (Wildman–Crippen LogP) is 6.25. The molecule has 2 atom stereocenters. The van der Waals surface area contributed by atoms with Crippen LogP contribution in [0.15, 0.2) is 53.3 Å². The lowest BCUT2D eigenvalue weighted by Crippen LogP contribution is -2.47. The maximum absolute atomic E-state index is 14.3. The third-order valence-corrected chi connectivity index (χ3v) is 5.79. The quantitative estimate of drug-likeness (QED) is 0.227. The molecule has 0 aliphatic heterocycles. The van der Waals surface area contributed by atoms with Crippen molar-refractivity contribution in [3.63, 3.8) is 0 Å². The summed E-state index contributed by atoms with van der Waals surface area (Å²) in [7, 11) is 1.86. The maximum atomic E-state index is 14.3. The van der Waals surface area contributed by atoms with Crippen molar-refractivity contribution in [1.29, 1.82) is 0 Å². The summed E-state index contributed by atoms with van der Waals surface area (Å²) in [5.41, 5.74) is 0.319. The molecule has 0 fully saturated rings. The average molecular weight is 506 g/mol. The number of aryl methyl sites for hydroxylation is 1. The predicted molar refractivity (Wildman–Crippen MR) is 128 cm³/mol. The number of nitrogens with zero attached hydrogens (tertiary/aromatic N) is 2. The topological polar surface area (TPSA) is 69.3 Å². The van der Waals surface area contributed by atoms with E-state index >= 15 is 0 Å². The van der Waals surface area contributed by atoms with Gasteiger partial charge in [-0.25, -0.2) is 9.37 Å². The fourth-order valence-electron chi connectivity index (χ4n) is 4.21. The molecule has 1 N–H and O–H groups in total. The molecule has 0 aliphatic carbocycles. The summed E-state index contributed by atoms with van der Waals surface area (Å²) in [6.45, 7) is 3.89. The summed E-state index contributed by atoms with van der Waals surface area (Å²) in [4.78, 5) is 16.7. The highest BCUT2D eigenvalue weighted by molar-refractivity contribution is 6.06. The van der Waals surface area contributed by atoms with Gasteiger partial charge in [-0.15, -0.1) is 0 Å². The number of esters is 1. The molecular formula is C26H27F4N3O3. The summed E-state index contributed by atoms with van der Waals surface area (Å²) >= 11 is 0. The van der Waals surface area contributed by atoms with E-state index in [4.69, 9.17) is 9.15 Å². The standard InChI is InChI=1S/C26H27F4N3O3/c1-5-35-24(34)19(12-25(2,3)27)32-23(26(28,29)30)16-6-8-17-18-10-15(20-13-33(4)14-31-20)7-9-21(18)36-22(17)11-16/h6-11,13-14,19,23,32H,5,12H2,1-4H3. The smallest absolute Gasteiger partial charge is 0.407 e. The minimum atomic E-state index is -4.77. The second-order valence-electron chi connectivity index (χ2n) is 9.36. The van der Waals surface area contributed by atoms with Crippen LogP contribution in [0.5, 0.6) is 0 Å². The van der Waals surface area contributed by atoms with Gasteiger partial charge < -0.3 is 13.7 Å². The first-order valence-electron chi connectivity index (χ1n) is 11.5. The van der Waals surface area contributed by atoms with Gasteiger partial charge >= 0.3 is 12.1 Å². The Hall–Kier alpha value is -3.40. The molecular weight excluding hydrogens is 478 g/mol. The Morgan fingerprint density at radius 1 is 1.11 bits per heavy atom. The van der Waals surface area contributed by atoms with E-state index in [1.165, 1.54) is 32.9 Å². The molecule has 2 unspecified atom stereocenters. The Morgan fingerprint density at radius 2 is 1.86 bits per heavy atom. The van der Waals surface area contributed by atoms with Gasteiger partial charge in [0.25, 0.3) is 0 Å². The van der Waals surface area contributed by atoms with E-state index in [9.17, 15) is 22.4 Å². The van der Waals surface area contributed by atoms with Gasteiger partial charge in [0.2, 0.25) is 0 Å². The number of carbonyl (C=O) groups excluding carboxylic acids is 1. The number of benzene rings is 2. The minimum absolute atomic E-state index is 0.0359. The van der Waals surface area contributed by atoms with Crippen LogP contribution in [0.3, 0.4) is 0 Å². The average Bonchev–Trinajstić information content (AvgIpc) is 3.37. The molecule has 6 nitrogen and oxygen atoms in total. The fourth-order valence-corrected chi connectivity index (χ4v) is 4.21. The van der Waals surface area contributed by atoms with E-state index in [-0.39, 0.29) is 17.8 Å². The molecule has 10 heteroatoms. The zero-order valence-electron chi connectivity index (χ0n) is 20.3. The number of hydrogen-bond donors (Lipinski definition) is 1. The second-order valence-corrected chi connectivity index (χ2v) is 9.36. The number of imidazole rings is 1. The van der Waals surface area contributed by atoms with E-state index in [1.54, 1.807) is 18.5 Å². The number of ether oxygens (including phenoxy) is 1. The van der Waals surface area contributed by atoms with E-state index in [1.807, 2.05) is 29.9 Å². The number of alkyl halides is 4. The largest absolute Gasteiger partial charge is 0.465 e. The van der Waals surface area contributed by atoms with Gasteiger partial charge in [-0.2, -0.15) is 13.2 Å². The van der Waals surface area contributed by atoms with Crippen LogP contribution < -0.4 is 5.32 Å². The number of fused-ring (bicyclic) bond motifs is 3. The first-order chi connectivity index (χ1) is 16.9. The van der Waals surface area contributed by atoms with Gasteiger partial charge in [-0.1, -0.05) is 12.1 Å². The first-order valence-corrected chi connectivity index (χ1v) is 11.5. The van der Waals surface area contributed by atoms with Crippen LogP contribution in [0.4, 0.5) is 17.6 Å². The molecule has 0 radical (unpaired) electrons. The van der Waals surface area contributed by atoms with Gasteiger partial charge in [-0.05, 0) is 50.6 Å². The maximum Gasteiger partial charge on any atom is 0.407 e. The zero-order valence-corrected chi connectivity index (χ0v) is 20.3. The van der Waals surface area contributed by atoms with Crippen molar-refractivity contribution < 1.29 is 31.5 Å². The van der Waals surface area contributed by atoms with Crippen molar-refractivity contribution >= 4 is 27.9 Å². The molecule has 36 heavy (non-hydrogen) atoms. The molecule has 2 aromatic carbocycles. The fraction of sp³-hybridized carbons (Fsp3) is 0.385. The van der Waals surface area contributed by atoms with Gasteiger partial charge in [0.15, 0.2) is 0 Å². The molecule has 2 heterocycles. The third-order valence-electron chi connectivity index (χ3n) is 5.79. The van der Waals surface area contributed by atoms with Gasteiger partial charge in [-0.3, -0.25) is 10.1 Å². The molecule has 0 bridgehead atoms. The van der Waals surface area contributed by atoms with Crippen LogP contribution >= 0.6 is 0 Å². The van der Waals surface area contributed by atoms with Crippen molar-refractivity contribution in [2.24, 2.45) is 7.05 Å². The molecule has 0 saturated carbocycles. The van der Waals surface area contributed by atoms with E-state index < -0.39 is 36.3 Å². The lowest BCUT2D eigenvalue weighted by Gasteiger charge is -2.29. The van der Waals surface area contributed by atoms with Gasteiger partial charge in [0.1, 0.15) is 28.9 Å². The van der Waals surface area contributed by atoms with Gasteiger partial charge in [0.05, 0.1) is 18.6 Å². The Kier molecular flexibility index (Phi) is 6.83. The summed E-state index contributed by atoms with van der Waals surface area (Å²) < 4.78 is 69.3. The zero-order chi connectivity index (χ0) is 26.3. The molecule has 4 aromatic rings. The van der Waals surface area contributed by atoms with Crippen molar-refractivity contribution in [3.05, 3.63) is 54.5 Å². The number of carbonyl (C=O) groups is 1. The highest BCUT2D eigenvalue weighted by Crippen LogP contribution is 2.38. The van der Waals surface area contributed by atoms with Crippen LogP contribution in [0.1, 0.15) is 38.8 Å². The third kappa shape index (κ3) is 5.53. The molecule has 192 valence electrons. The van der Waals surface area contributed by atoms with Crippen molar-refractivity contribution in [2.45, 2.75) is 51.1 Å². The second kappa shape index (κ2) is 9.57. The van der Waals surface area contributed by atoms with E-state index in [2.05, 4.69) is 10.3 Å². The summed E-state index contributed by atoms with van der Waals surface area (Å²) in [6, 6.07) is 5.90. The van der Waals surface area contributed by atoms with Crippen LogP contribution in [-0.4, -0.2) is 40.0 Å². The summed E-state index contributed by atoms with van der Waals surface area (Å²) in [5, 5.41) is 3.67. The molecule has 0 saturated heterocycles. The number of rotatable bonds is 8. The molecule has 0 aliphatic rings. The van der Waals surface area contributed by atoms with Crippen molar-refractivity contribution in [1.82, 2.24) is 14.9 Å². The SMILES string of the molecule is CCOC(=O)C(CC(C)(C)F)NC(c1ccc2c(c1)oc1ccc(-c3cn(C)cn3)cc12)C(F)(F)F. The lowest BCUT2D eigenvalue weighted by atomic mass is 9.97. The Balaban J connectivity index is 1.73. The number of hydrogen-bond acceptors (Lipinski definition) is 5. The van der Waals surface area contributed by atoms with Crippen LogP contribution in [0, 0.1) is 0 Å². The Labute approximate surface area is 205 Å². The van der Waals surface area contributed by atoms with Gasteiger partial charge in [0, 0.05) is 36.0 Å². The Morgan fingerprint density at radius 3 is 2.47 bits per heavy atom. The van der Waals surface area contributed by atoms with Crippen LogP contribution in [0.2, 0.25) is 0 Å². The van der Waals surface area contributed by atoms with Crippen molar-refractivity contribution in [3.8, 4) is 11.3 Å². The lowest BCUT2D eigenvalue weighted by molar-refractivity contribution is -0.165. The minimum Gasteiger partial charge on any atom is -0.465 e. The molecule has 2 aromatic heterocycles. The highest BCUT2D eigenvalue weighted by Gasteiger charge is 2.44. The monoisotopic (exact) mass is 505 g/mol. The normalized spacial score (nSPS) is 14.3. The van der Waals surface area contributed by atoms with Crippen LogP contribution in [0.25, 0.3) is 33.2 Å². The Bertz CT molecular complexity index is 1380. The number of halogens is 4. The molecule has 0 spiro atoms. The number of furan rings is 1. The van der Waals surface area contributed by atoms with Crippen LogP contribution in [-0.2, 0) is 16.6 Å². The highest BCUT2D eigenvalue weighted by atomic mass is 19.4. The molecule has 4 rings (SSSR count). The first kappa shape index (κ1) is 25.7. The van der Waals surface area contributed by atoms with E-state index in [0.29, 0.717) is 11.0 Å².